The quantitative estimate of drug-likeness (QED) is 0.378. The van der Waals surface area contributed by atoms with Gasteiger partial charge < -0.3 is 19.8 Å². The molecule has 27 heavy (non-hydrogen) atoms. The summed E-state index contributed by atoms with van der Waals surface area (Å²) in [6.07, 6.45) is 2.13. The van der Waals surface area contributed by atoms with Gasteiger partial charge in [0.05, 0.1) is 10.6 Å². The molecular weight excluding hydrogens is 411 g/mol. The fourth-order valence-corrected chi connectivity index (χ4v) is 4.47. The maximum Gasteiger partial charge on any atom is 0.359 e. The number of hydrogen-bond acceptors (Lipinski definition) is 7. The molecule has 2 rings (SSSR count). The van der Waals surface area contributed by atoms with E-state index in [2.05, 4.69) is 34.0 Å². The van der Waals surface area contributed by atoms with E-state index in [9.17, 15) is 9.67 Å². The molecule has 8 nitrogen and oxygen atoms in total. The second-order valence-corrected chi connectivity index (χ2v) is 8.85. The molecule has 0 bridgehead atoms. The van der Waals surface area contributed by atoms with Crippen molar-refractivity contribution < 1.29 is 19.5 Å². The van der Waals surface area contributed by atoms with Crippen LogP contribution in [0.2, 0.25) is 5.15 Å². The molecule has 1 heterocycles. The molecule has 0 aliphatic rings. The number of aliphatic hydroxyl groups excluding tert-OH is 1. The van der Waals surface area contributed by atoms with Crippen LogP contribution in [0.25, 0.3) is 0 Å². The number of azo groups is 1. The third kappa shape index (κ3) is 6.07. The fraction of sp³-hybridized carbons (Fsp3) is 0.438. The molecule has 0 saturated carbocycles. The molecule has 1 aromatic carbocycles. The van der Waals surface area contributed by atoms with Gasteiger partial charge in [0.15, 0.2) is 5.85 Å². The number of halogens is 1. The highest BCUT2D eigenvalue weighted by Crippen LogP contribution is 2.53. The number of aromatic nitrogens is 1. The Balaban J connectivity index is 2.13. The van der Waals surface area contributed by atoms with Gasteiger partial charge in [-0.2, -0.15) is 0 Å². The topological polar surface area (TPSA) is 119 Å². The summed E-state index contributed by atoms with van der Waals surface area (Å²) < 4.78 is 11.2. The number of aliphatic hydroxyl groups is 1. The van der Waals surface area contributed by atoms with Crippen LogP contribution >= 0.6 is 30.5 Å². The predicted molar refractivity (Wildman–Crippen MR) is 108 cm³/mol. The molecule has 148 valence electrons. The summed E-state index contributed by atoms with van der Waals surface area (Å²) in [5.74, 6) is -2.02. The summed E-state index contributed by atoms with van der Waals surface area (Å²) in [5, 5.41) is 17.6. The Bertz CT molecular complexity index is 818. The molecule has 2 aromatic rings. The van der Waals surface area contributed by atoms with Crippen LogP contribution in [-0.4, -0.2) is 33.0 Å². The number of benzene rings is 1. The number of rotatable bonds is 9. The molecule has 1 atom stereocenters. The van der Waals surface area contributed by atoms with Crippen molar-refractivity contribution in [3.63, 3.8) is 0 Å². The highest BCUT2D eigenvalue weighted by molar-refractivity contribution is 7.52. The summed E-state index contributed by atoms with van der Waals surface area (Å²) in [4.78, 5) is 24.1. The Morgan fingerprint density at radius 1 is 1.19 bits per heavy atom. The molecule has 0 spiro atoms. The lowest BCUT2D eigenvalue weighted by Gasteiger charge is -2.23. The molecule has 0 aliphatic heterocycles. The Morgan fingerprint density at radius 3 is 2.30 bits per heavy atom. The summed E-state index contributed by atoms with van der Waals surface area (Å²) >= 11 is 6.61. The first kappa shape index (κ1) is 21.9. The highest BCUT2D eigenvalue weighted by atomic mass is 35.5. The summed E-state index contributed by atoms with van der Waals surface area (Å²) in [5.41, 5.74) is 1.72. The molecule has 0 fully saturated rings. The minimum Gasteiger partial charge on any atom is -0.375 e. The zero-order chi connectivity index (χ0) is 20.0. The molecule has 3 N–H and O–H groups in total. The molecule has 0 amide bonds. The smallest absolute Gasteiger partial charge is 0.359 e. The molecular formula is C16H22ClN4O4PS. The molecule has 0 radical (unpaired) electrons. The number of hydrogen-bond donors (Lipinski definition) is 3. The van der Waals surface area contributed by atoms with Crippen molar-refractivity contribution >= 4 is 47.0 Å². The Hall–Kier alpha value is -1.35. The van der Waals surface area contributed by atoms with Crippen LogP contribution in [0.1, 0.15) is 37.4 Å². The normalized spacial score (nSPS) is 13.3. The van der Waals surface area contributed by atoms with Gasteiger partial charge in [-0.25, -0.2) is 4.98 Å². The van der Waals surface area contributed by atoms with E-state index < -0.39 is 13.4 Å². The van der Waals surface area contributed by atoms with Crippen LogP contribution in [0.5, 0.6) is 0 Å². The molecule has 11 heteroatoms. The van der Waals surface area contributed by atoms with Gasteiger partial charge in [-0.15, -0.1) is 10.2 Å². The zero-order valence-corrected chi connectivity index (χ0v) is 17.5. The van der Waals surface area contributed by atoms with E-state index in [-0.39, 0.29) is 15.2 Å². The van der Waals surface area contributed by atoms with Crippen LogP contribution in [0, 0.1) is 0 Å². The molecule has 0 saturated heterocycles. The minimum atomic E-state index is -4.73. The van der Waals surface area contributed by atoms with Gasteiger partial charge in [-0.1, -0.05) is 36.8 Å². The van der Waals surface area contributed by atoms with Gasteiger partial charge in [0.1, 0.15) is 5.15 Å². The lowest BCUT2D eigenvalue weighted by atomic mass is 10.2. The Morgan fingerprint density at radius 2 is 1.78 bits per heavy atom. The van der Waals surface area contributed by atoms with Crippen LogP contribution in [0.3, 0.4) is 0 Å². The first-order valence-electron chi connectivity index (χ1n) is 8.42. The average molecular weight is 433 g/mol. The van der Waals surface area contributed by atoms with Crippen LogP contribution < -0.4 is 4.90 Å². The van der Waals surface area contributed by atoms with Crippen molar-refractivity contribution in [2.75, 3.05) is 18.0 Å². The van der Waals surface area contributed by atoms with Gasteiger partial charge in [0.25, 0.3) is 0 Å². The van der Waals surface area contributed by atoms with Crippen LogP contribution in [0.4, 0.5) is 16.5 Å². The number of thiazole rings is 1. The Labute approximate surface area is 166 Å². The monoisotopic (exact) mass is 432 g/mol. The maximum atomic E-state index is 11.2. The first-order chi connectivity index (χ1) is 12.8. The van der Waals surface area contributed by atoms with Gasteiger partial charge >= 0.3 is 7.60 Å². The van der Waals surface area contributed by atoms with E-state index in [4.69, 9.17) is 21.4 Å². The highest BCUT2D eigenvalue weighted by Gasteiger charge is 2.32. The van der Waals surface area contributed by atoms with Crippen molar-refractivity contribution in [3.8, 4) is 0 Å². The molecule has 1 aromatic heterocycles. The van der Waals surface area contributed by atoms with Crippen molar-refractivity contribution in [1.82, 2.24) is 4.98 Å². The fourth-order valence-electron chi connectivity index (χ4n) is 2.40. The largest absolute Gasteiger partial charge is 0.375 e. The minimum absolute atomic E-state index is 0.102. The van der Waals surface area contributed by atoms with E-state index in [1.807, 2.05) is 24.3 Å². The van der Waals surface area contributed by atoms with E-state index in [0.717, 1.165) is 43.0 Å². The van der Waals surface area contributed by atoms with Crippen molar-refractivity contribution in [1.29, 1.82) is 0 Å². The van der Waals surface area contributed by atoms with Crippen molar-refractivity contribution in [3.05, 3.63) is 34.3 Å². The second kappa shape index (κ2) is 9.73. The lowest BCUT2D eigenvalue weighted by Crippen LogP contribution is -2.24. The first-order valence-corrected chi connectivity index (χ1v) is 11.3. The van der Waals surface area contributed by atoms with Crippen molar-refractivity contribution in [2.24, 2.45) is 10.2 Å². The van der Waals surface area contributed by atoms with Gasteiger partial charge in [-0.05, 0) is 37.1 Å². The van der Waals surface area contributed by atoms with Crippen LogP contribution in [0.15, 0.2) is 34.5 Å². The summed E-state index contributed by atoms with van der Waals surface area (Å²) in [6.45, 7) is 6.25. The van der Waals surface area contributed by atoms with E-state index in [0.29, 0.717) is 5.69 Å². The third-order valence-corrected chi connectivity index (χ3v) is 6.07. The zero-order valence-electron chi connectivity index (χ0n) is 15.0. The van der Waals surface area contributed by atoms with Crippen molar-refractivity contribution in [2.45, 2.75) is 32.5 Å². The standard InChI is InChI=1S/C16H22ClN4O4PS/c1-3-9-21(10-4-2)12-7-5-11(6-8-12)19-20-16-18-14(17)13(27-16)15(22)26(23,24)25/h5-8,15,22H,3-4,9-10H2,1-2H3,(H2,23,24,25)/b20-19+. The summed E-state index contributed by atoms with van der Waals surface area (Å²) in [7, 11) is -4.73. The van der Waals surface area contributed by atoms with Gasteiger partial charge in [0.2, 0.25) is 5.13 Å². The Kier molecular flexibility index (Phi) is 7.91. The number of nitrogens with zero attached hydrogens (tertiary/aromatic N) is 4. The average Bonchev–Trinajstić information content (AvgIpc) is 2.99. The molecule has 1 unspecified atom stereocenters. The van der Waals surface area contributed by atoms with E-state index >= 15 is 0 Å². The van der Waals surface area contributed by atoms with Crippen LogP contribution in [-0.2, 0) is 4.57 Å². The van der Waals surface area contributed by atoms with E-state index in [1.54, 1.807) is 0 Å². The second-order valence-electron chi connectivity index (χ2n) is 5.82. The number of anilines is 1. The molecule has 0 aliphatic carbocycles. The third-order valence-electron chi connectivity index (χ3n) is 3.60. The predicted octanol–water partition coefficient (Wildman–Crippen LogP) is 5.01. The SMILES string of the molecule is CCCN(CCC)c1ccc(/N=N/c2nc(Cl)c(C(O)P(=O)(O)O)s2)cc1. The lowest BCUT2D eigenvalue weighted by molar-refractivity contribution is 0.208. The maximum absolute atomic E-state index is 11.2. The van der Waals surface area contributed by atoms with E-state index in [1.165, 1.54) is 0 Å². The van der Waals surface area contributed by atoms with Gasteiger partial charge in [0, 0.05) is 18.8 Å². The van der Waals surface area contributed by atoms with Gasteiger partial charge in [-0.3, -0.25) is 4.57 Å². The summed E-state index contributed by atoms with van der Waals surface area (Å²) in [6, 6.07) is 7.60.